The van der Waals surface area contributed by atoms with E-state index in [-0.39, 0.29) is 0 Å². The Morgan fingerprint density at radius 1 is 1.22 bits per heavy atom. The average molecular weight is 331 g/mol. The molecule has 2 aromatic heterocycles. The van der Waals surface area contributed by atoms with Crippen LogP contribution in [0.5, 0.6) is 0 Å². The molecule has 0 aromatic carbocycles. The summed E-state index contributed by atoms with van der Waals surface area (Å²) >= 11 is 1.62. The van der Waals surface area contributed by atoms with Gasteiger partial charge in [-0.2, -0.15) is 0 Å². The lowest BCUT2D eigenvalue weighted by molar-refractivity contribution is 0.00578. The Bertz CT molecular complexity index is 712. The van der Waals surface area contributed by atoms with Gasteiger partial charge in [-0.25, -0.2) is 4.39 Å². The zero-order valence-corrected chi connectivity index (χ0v) is 14.5. The molecule has 23 heavy (non-hydrogen) atoms. The van der Waals surface area contributed by atoms with Crippen LogP contribution in [0, 0.1) is 0 Å². The van der Waals surface area contributed by atoms with E-state index in [1.165, 1.54) is 6.08 Å². The Balaban J connectivity index is 1.84. The number of thiophene rings is 1. The minimum absolute atomic E-state index is 0.450. The molecule has 3 nitrogen and oxygen atoms in total. The largest absolute Gasteiger partial charge is 0.525 e. The average Bonchev–Trinajstić information content (AvgIpc) is 3.06. The summed E-state index contributed by atoms with van der Waals surface area (Å²) in [6, 6.07) is 5.90. The van der Waals surface area contributed by atoms with Gasteiger partial charge in [0.25, 0.3) is 0 Å². The number of rotatable bonds is 3. The Hall–Kier alpha value is -1.50. The van der Waals surface area contributed by atoms with Crippen molar-refractivity contribution in [2.24, 2.45) is 0 Å². The maximum absolute atomic E-state index is 14.5. The molecule has 0 bridgehead atoms. The maximum Gasteiger partial charge on any atom is 0.525 e. The summed E-state index contributed by atoms with van der Waals surface area (Å²) in [6.45, 7) is 7.61. The lowest BCUT2D eigenvalue weighted by atomic mass is 9.87. The molecule has 0 N–H and O–H groups in total. The smallest absolute Gasteiger partial charge is 0.398 e. The van der Waals surface area contributed by atoms with Crippen molar-refractivity contribution in [1.82, 2.24) is 4.98 Å². The summed E-state index contributed by atoms with van der Waals surface area (Å²) in [4.78, 5) is 5.29. The Kier molecular flexibility index (Phi) is 4.17. The number of aromatic nitrogens is 1. The third kappa shape index (κ3) is 3.25. The van der Waals surface area contributed by atoms with Gasteiger partial charge in [0.1, 0.15) is 5.73 Å². The highest BCUT2D eigenvalue weighted by Crippen LogP contribution is 2.39. The number of hydrogen-bond acceptors (Lipinski definition) is 4. The minimum Gasteiger partial charge on any atom is -0.398 e. The van der Waals surface area contributed by atoms with Crippen molar-refractivity contribution >= 4 is 24.5 Å². The van der Waals surface area contributed by atoms with Crippen LogP contribution in [0.1, 0.15) is 33.3 Å². The molecule has 1 aliphatic heterocycles. The first-order valence-corrected chi connectivity index (χ1v) is 8.38. The highest BCUT2D eigenvalue weighted by atomic mass is 32.1. The second kappa shape index (κ2) is 5.85. The molecule has 0 spiro atoms. The van der Waals surface area contributed by atoms with Gasteiger partial charge in [-0.1, -0.05) is 6.07 Å². The molecule has 1 aliphatic rings. The summed E-state index contributed by atoms with van der Waals surface area (Å²) in [5.74, 6) is 0. The van der Waals surface area contributed by atoms with E-state index < -0.39 is 24.0 Å². The Morgan fingerprint density at radius 2 is 1.91 bits per heavy atom. The molecule has 0 unspecified atom stereocenters. The van der Waals surface area contributed by atoms with Crippen molar-refractivity contribution in [3.63, 3.8) is 0 Å². The van der Waals surface area contributed by atoms with Crippen molar-refractivity contribution in [2.75, 3.05) is 0 Å². The van der Waals surface area contributed by atoms with E-state index in [1.54, 1.807) is 23.7 Å². The number of nitrogens with zero attached hydrogens (tertiary/aromatic N) is 1. The number of pyridine rings is 1. The predicted octanol–water partition coefficient (Wildman–Crippen LogP) is 4.75. The predicted molar refractivity (Wildman–Crippen MR) is 92.7 cm³/mol. The Morgan fingerprint density at radius 3 is 2.52 bits per heavy atom. The van der Waals surface area contributed by atoms with Crippen LogP contribution in [-0.4, -0.2) is 23.3 Å². The van der Waals surface area contributed by atoms with Gasteiger partial charge < -0.3 is 9.31 Å². The first kappa shape index (κ1) is 16.4. The molecule has 0 amide bonds. The maximum atomic E-state index is 14.5. The van der Waals surface area contributed by atoms with Gasteiger partial charge in [0.15, 0.2) is 0 Å². The van der Waals surface area contributed by atoms with Crippen LogP contribution in [0.3, 0.4) is 0 Å². The van der Waals surface area contributed by atoms with Gasteiger partial charge in [0, 0.05) is 22.8 Å². The molecule has 6 heteroatoms. The van der Waals surface area contributed by atoms with Crippen LogP contribution in [-0.2, 0) is 9.31 Å². The second-order valence-corrected chi connectivity index (χ2v) is 7.55. The van der Waals surface area contributed by atoms with Crippen LogP contribution in [0.2, 0.25) is 0 Å². The lowest BCUT2D eigenvalue weighted by Gasteiger charge is -2.32. The van der Waals surface area contributed by atoms with Crippen LogP contribution in [0.15, 0.2) is 41.7 Å². The molecule has 3 rings (SSSR count). The summed E-state index contributed by atoms with van der Waals surface area (Å²) < 4.78 is 26.0. The van der Waals surface area contributed by atoms with Gasteiger partial charge in [-0.3, -0.25) is 4.98 Å². The van der Waals surface area contributed by atoms with E-state index in [2.05, 4.69) is 4.98 Å². The zero-order valence-electron chi connectivity index (χ0n) is 13.7. The van der Waals surface area contributed by atoms with E-state index in [1.807, 2.05) is 51.3 Å². The summed E-state index contributed by atoms with van der Waals surface area (Å²) in [6.07, 6.45) is 4.82. The fourth-order valence-electron chi connectivity index (χ4n) is 2.30. The molecule has 0 radical (unpaired) electrons. The molecular weight excluding hydrogens is 312 g/mol. The first-order chi connectivity index (χ1) is 10.8. The van der Waals surface area contributed by atoms with Gasteiger partial charge in [0.05, 0.1) is 11.2 Å². The van der Waals surface area contributed by atoms with E-state index >= 15 is 0 Å². The molecule has 1 saturated heterocycles. The quantitative estimate of drug-likeness (QED) is 0.761. The van der Waals surface area contributed by atoms with Gasteiger partial charge in [0.2, 0.25) is 0 Å². The minimum atomic E-state index is -0.981. The molecule has 120 valence electrons. The van der Waals surface area contributed by atoms with E-state index in [9.17, 15) is 4.39 Å². The summed E-state index contributed by atoms with van der Waals surface area (Å²) in [7, 11) is -0.981. The molecule has 1 fully saturated rings. The summed E-state index contributed by atoms with van der Waals surface area (Å²) in [5.41, 5.74) is 0.0900. The monoisotopic (exact) mass is 331 g/mol. The van der Waals surface area contributed by atoms with Crippen molar-refractivity contribution in [3.05, 3.63) is 47.3 Å². The third-order valence-corrected chi connectivity index (χ3v) is 5.27. The second-order valence-electron chi connectivity index (χ2n) is 6.60. The number of hydrogen-bond donors (Lipinski definition) is 0. The highest BCUT2D eigenvalue weighted by Gasteiger charge is 2.53. The zero-order chi connectivity index (χ0) is 16.7. The fraction of sp³-hybridized carbons (Fsp3) is 0.353. The SMILES string of the molecule is CC1(C)OB(C(F)=Cc2cncc(-c3cccs3)c2)OC1(C)C. The topological polar surface area (TPSA) is 31.4 Å². The van der Waals surface area contributed by atoms with E-state index in [0.717, 1.165) is 10.4 Å². The normalized spacial score (nSPS) is 20.0. The van der Waals surface area contributed by atoms with Crippen molar-refractivity contribution < 1.29 is 13.7 Å². The van der Waals surface area contributed by atoms with E-state index in [4.69, 9.17) is 9.31 Å². The Labute approximate surface area is 140 Å². The molecule has 0 aliphatic carbocycles. The van der Waals surface area contributed by atoms with Crippen LogP contribution in [0.4, 0.5) is 4.39 Å². The van der Waals surface area contributed by atoms with Gasteiger partial charge >= 0.3 is 7.12 Å². The molecule has 0 saturated carbocycles. The summed E-state index contributed by atoms with van der Waals surface area (Å²) in [5, 5.41) is 2.00. The first-order valence-electron chi connectivity index (χ1n) is 7.50. The van der Waals surface area contributed by atoms with Gasteiger partial charge in [-0.15, -0.1) is 11.3 Å². The van der Waals surface area contributed by atoms with Crippen LogP contribution in [0.25, 0.3) is 16.5 Å². The van der Waals surface area contributed by atoms with Crippen LogP contribution >= 0.6 is 11.3 Å². The fourth-order valence-corrected chi connectivity index (χ4v) is 3.01. The third-order valence-electron chi connectivity index (χ3n) is 4.35. The number of halogens is 1. The molecule has 0 atom stereocenters. The van der Waals surface area contributed by atoms with Crippen LogP contribution < -0.4 is 0 Å². The standard InChI is InChI=1S/C17H19BFNO2S/c1-16(2)17(3,4)22-18(21-16)15(19)9-12-8-13(11-20-10-12)14-6-5-7-23-14/h5-11H,1-4H3. The lowest BCUT2D eigenvalue weighted by Crippen LogP contribution is -2.41. The molecule has 2 aromatic rings. The van der Waals surface area contributed by atoms with Crippen molar-refractivity contribution in [2.45, 2.75) is 38.9 Å². The van der Waals surface area contributed by atoms with Gasteiger partial charge in [-0.05, 0) is 56.8 Å². The highest BCUT2D eigenvalue weighted by molar-refractivity contribution is 7.13. The van der Waals surface area contributed by atoms with Crippen molar-refractivity contribution in [1.29, 1.82) is 0 Å². The van der Waals surface area contributed by atoms with Crippen molar-refractivity contribution in [3.8, 4) is 10.4 Å². The molecular formula is C17H19BFNO2S. The molecule has 3 heterocycles. The van der Waals surface area contributed by atoms with E-state index in [0.29, 0.717) is 5.56 Å².